The van der Waals surface area contributed by atoms with Crippen molar-refractivity contribution < 1.29 is 24.1 Å². The number of ether oxygens (including phenoxy) is 4. The maximum atomic E-state index is 10.3. The molecule has 1 N–H and O–H groups in total. The van der Waals surface area contributed by atoms with Gasteiger partial charge in [-0.3, -0.25) is 0 Å². The molecule has 0 aromatic heterocycles. The average Bonchev–Trinajstić information content (AvgIpc) is 2.98. The fourth-order valence-corrected chi connectivity index (χ4v) is 2.67. The normalized spacial score (nSPS) is 33.3. The summed E-state index contributed by atoms with van der Waals surface area (Å²) in [5.41, 5.74) is 9.53. The van der Waals surface area contributed by atoms with Crippen LogP contribution in [0.5, 0.6) is 5.75 Å². The van der Waals surface area contributed by atoms with Gasteiger partial charge in [0, 0.05) is 4.91 Å². The van der Waals surface area contributed by atoms with E-state index in [4.69, 9.17) is 24.5 Å². The molecule has 1 aromatic rings. The highest BCUT2D eigenvalue weighted by molar-refractivity contribution is 5.26. The van der Waals surface area contributed by atoms with Crippen LogP contribution in [-0.2, 0) is 20.8 Å². The van der Waals surface area contributed by atoms with Crippen LogP contribution in [0.2, 0.25) is 0 Å². The quantitative estimate of drug-likeness (QED) is 0.502. The van der Waals surface area contributed by atoms with Crippen molar-refractivity contribution in [1.82, 2.24) is 0 Å². The summed E-state index contributed by atoms with van der Waals surface area (Å²) >= 11 is 0. The van der Waals surface area contributed by atoms with Crippen LogP contribution in [0.25, 0.3) is 10.4 Å². The number of aliphatic hydroxyl groups excluding tert-OH is 1. The molecule has 22 heavy (non-hydrogen) atoms. The van der Waals surface area contributed by atoms with Crippen LogP contribution >= 0.6 is 0 Å². The largest absolute Gasteiger partial charge is 0.497 e. The first-order valence-electron chi connectivity index (χ1n) is 6.97. The minimum Gasteiger partial charge on any atom is -0.497 e. The minimum absolute atomic E-state index is 0.305. The Morgan fingerprint density at radius 1 is 1.41 bits per heavy atom. The van der Waals surface area contributed by atoms with Gasteiger partial charge in [-0.1, -0.05) is 17.2 Å². The lowest BCUT2D eigenvalue weighted by Crippen LogP contribution is -2.53. The highest BCUT2D eigenvalue weighted by Crippen LogP contribution is 2.32. The second-order valence-electron chi connectivity index (χ2n) is 5.19. The van der Waals surface area contributed by atoms with E-state index in [9.17, 15) is 5.11 Å². The van der Waals surface area contributed by atoms with Crippen LogP contribution < -0.4 is 4.74 Å². The molecule has 0 radical (unpaired) electrons. The van der Waals surface area contributed by atoms with Crippen LogP contribution in [0.3, 0.4) is 0 Å². The Hall–Kier alpha value is -1.83. The zero-order valence-electron chi connectivity index (χ0n) is 12.0. The molecule has 118 valence electrons. The van der Waals surface area contributed by atoms with Crippen LogP contribution in [0, 0.1) is 0 Å². The molecule has 2 fully saturated rings. The predicted octanol–water partition coefficient (Wildman–Crippen LogP) is 1.38. The van der Waals surface area contributed by atoms with Crippen molar-refractivity contribution in [3.05, 3.63) is 40.3 Å². The van der Waals surface area contributed by atoms with Crippen molar-refractivity contribution in [3.8, 4) is 5.75 Å². The van der Waals surface area contributed by atoms with E-state index in [1.165, 1.54) is 0 Å². The summed E-state index contributed by atoms with van der Waals surface area (Å²) in [6.07, 6.45) is -2.61. The molecule has 2 unspecified atom stereocenters. The average molecular weight is 307 g/mol. The molecule has 2 aliphatic heterocycles. The molecule has 3 rings (SSSR count). The highest BCUT2D eigenvalue weighted by atomic mass is 16.7. The van der Waals surface area contributed by atoms with E-state index in [-0.39, 0.29) is 6.10 Å². The number of benzene rings is 1. The zero-order chi connectivity index (χ0) is 15.5. The van der Waals surface area contributed by atoms with Gasteiger partial charge < -0.3 is 24.1 Å². The van der Waals surface area contributed by atoms with Crippen molar-refractivity contribution in [3.63, 3.8) is 0 Å². The molecular formula is C14H17N3O5. The summed E-state index contributed by atoms with van der Waals surface area (Å²) in [6, 6.07) is 6.64. The molecule has 8 nitrogen and oxygen atoms in total. The lowest BCUT2D eigenvalue weighted by molar-refractivity contribution is -0.195. The summed E-state index contributed by atoms with van der Waals surface area (Å²) in [5.74, 6) is 0.764. The zero-order valence-corrected chi connectivity index (χ0v) is 12.0. The second-order valence-corrected chi connectivity index (χ2v) is 5.19. The van der Waals surface area contributed by atoms with E-state index in [1.807, 2.05) is 24.3 Å². The first-order valence-corrected chi connectivity index (χ1v) is 6.97. The Kier molecular flexibility index (Phi) is 4.47. The van der Waals surface area contributed by atoms with Crippen molar-refractivity contribution >= 4 is 0 Å². The van der Waals surface area contributed by atoms with Crippen molar-refractivity contribution in [1.29, 1.82) is 0 Å². The molecule has 2 saturated heterocycles. The number of aliphatic hydroxyl groups is 1. The summed E-state index contributed by atoms with van der Waals surface area (Å²) in [7, 11) is 1.60. The van der Waals surface area contributed by atoms with Gasteiger partial charge in [-0.25, -0.2) is 0 Å². The smallest absolute Gasteiger partial charge is 0.169 e. The molecule has 0 amide bonds. The summed E-state index contributed by atoms with van der Waals surface area (Å²) in [4.78, 5) is 2.73. The molecule has 8 heteroatoms. The van der Waals surface area contributed by atoms with Crippen molar-refractivity contribution in [2.45, 2.75) is 37.3 Å². The summed E-state index contributed by atoms with van der Waals surface area (Å²) in [6.45, 7) is 0.617. The number of hydrogen-bond donors (Lipinski definition) is 1. The molecular weight excluding hydrogens is 290 g/mol. The maximum absolute atomic E-state index is 10.3. The highest BCUT2D eigenvalue weighted by Gasteiger charge is 2.50. The third-order valence-electron chi connectivity index (χ3n) is 3.85. The van der Waals surface area contributed by atoms with Crippen molar-refractivity contribution in [2.24, 2.45) is 5.11 Å². The SMILES string of the molecule is COc1ccc(CO[C@@H]2C3CO[C@H](O3)[C@@H](N=[N+]=[N-])C2O)cc1. The standard InChI is InChI=1S/C14H17N3O5/c1-19-9-4-2-8(3-5-9)6-20-13-10-7-21-14(22-10)11(12(13)18)16-17-15/h2-5,10-14,18H,6-7H2,1H3/t10?,11-,12?,13+,14+/m0/s1. The fourth-order valence-electron chi connectivity index (χ4n) is 2.67. The lowest BCUT2D eigenvalue weighted by atomic mass is 9.99. The van der Waals surface area contributed by atoms with E-state index >= 15 is 0 Å². The number of methoxy groups -OCH3 is 1. The molecule has 1 aromatic carbocycles. The number of rotatable bonds is 5. The first kappa shape index (κ1) is 15.1. The van der Waals surface area contributed by atoms with E-state index < -0.39 is 24.5 Å². The molecule has 0 spiro atoms. The topological polar surface area (TPSA) is 106 Å². The monoisotopic (exact) mass is 307 g/mol. The third kappa shape index (κ3) is 2.87. The Labute approximate surface area is 127 Å². The second kappa shape index (κ2) is 6.51. The van der Waals surface area contributed by atoms with Gasteiger partial charge in [0.2, 0.25) is 0 Å². The van der Waals surface area contributed by atoms with E-state index in [0.29, 0.717) is 13.2 Å². The van der Waals surface area contributed by atoms with Gasteiger partial charge in [-0.15, -0.1) is 0 Å². The fraction of sp³-hybridized carbons (Fsp3) is 0.571. The van der Waals surface area contributed by atoms with Gasteiger partial charge in [0.25, 0.3) is 0 Å². The van der Waals surface area contributed by atoms with Crippen LogP contribution in [0.15, 0.2) is 29.4 Å². The Morgan fingerprint density at radius 3 is 2.86 bits per heavy atom. The summed E-state index contributed by atoms with van der Waals surface area (Å²) < 4.78 is 21.8. The van der Waals surface area contributed by atoms with E-state index in [1.54, 1.807) is 7.11 Å². The van der Waals surface area contributed by atoms with Crippen LogP contribution in [-0.4, -0.2) is 49.5 Å². The molecule has 5 atom stereocenters. The Balaban J connectivity index is 1.66. The lowest BCUT2D eigenvalue weighted by Gasteiger charge is -2.35. The van der Waals surface area contributed by atoms with Crippen LogP contribution in [0.4, 0.5) is 0 Å². The summed E-state index contributed by atoms with van der Waals surface area (Å²) in [5, 5.41) is 13.9. The molecule has 0 saturated carbocycles. The number of fused-ring (bicyclic) bond motifs is 2. The van der Waals surface area contributed by atoms with Gasteiger partial charge in [0.15, 0.2) is 6.29 Å². The number of nitrogens with zero attached hydrogens (tertiary/aromatic N) is 3. The Morgan fingerprint density at radius 2 is 2.18 bits per heavy atom. The van der Waals surface area contributed by atoms with Gasteiger partial charge in [0.05, 0.1) is 26.4 Å². The first-order chi connectivity index (χ1) is 10.7. The number of hydrogen-bond acceptors (Lipinski definition) is 6. The number of azide groups is 1. The molecule has 0 aliphatic carbocycles. The molecule has 2 aliphatic rings. The van der Waals surface area contributed by atoms with E-state index in [2.05, 4.69) is 10.0 Å². The van der Waals surface area contributed by atoms with E-state index in [0.717, 1.165) is 11.3 Å². The van der Waals surface area contributed by atoms with Gasteiger partial charge >= 0.3 is 0 Å². The van der Waals surface area contributed by atoms with Crippen molar-refractivity contribution in [2.75, 3.05) is 13.7 Å². The minimum atomic E-state index is -0.958. The third-order valence-corrected chi connectivity index (χ3v) is 3.85. The predicted molar refractivity (Wildman–Crippen MR) is 75.1 cm³/mol. The van der Waals surface area contributed by atoms with Gasteiger partial charge in [-0.05, 0) is 23.2 Å². The molecule has 2 heterocycles. The van der Waals surface area contributed by atoms with Crippen LogP contribution in [0.1, 0.15) is 5.56 Å². The Bertz CT molecular complexity index is 560. The molecule has 2 bridgehead atoms. The van der Waals surface area contributed by atoms with Gasteiger partial charge in [-0.2, -0.15) is 0 Å². The maximum Gasteiger partial charge on any atom is 0.169 e. The van der Waals surface area contributed by atoms with Gasteiger partial charge in [0.1, 0.15) is 24.0 Å².